The normalized spacial score (nSPS) is 11.9. The highest BCUT2D eigenvalue weighted by molar-refractivity contribution is 6.39. The van der Waals surface area contributed by atoms with Crippen molar-refractivity contribution in [3.05, 3.63) is 57.6 Å². The summed E-state index contributed by atoms with van der Waals surface area (Å²) in [4.78, 5) is 12.6. The fourth-order valence-electron chi connectivity index (χ4n) is 2.79. The van der Waals surface area contributed by atoms with E-state index in [2.05, 4.69) is 10.6 Å². The summed E-state index contributed by atoms with van der Waals surface area (Å²) < 4.78 is 5.61. The summed E-state index contributed by atoms with van der Waals surface area (Å²) in [5, 5.41) is 16.4. The van der Waals surface area contributed by atoms with Crippen LogP contribution in [0.15, 0.2) is 36.4 Å². The maximum absolute atomic E-state index is 12.6. The van der Waals surface area contributed by atoms with Crippen LogP contribution < -0.4 is 15.4 Å². The number of carbonyl (C=O) groups is 1. The smallest absolute Gasteiger partial charge is 0.255 e. The van der Waals surface area contributed by atoms with Crippen molar-refractivity contribution in [2.75, 3.05) is 20.2 Å². The molecule has 0 saturated heterocycles. The number of phenolic OH excluding ortho intramolecular Hbond substituents is 1. The molecule has 0 aliphatic rings. The molecule has 2 aromatic rings. The summed E-state index contributed by atoms with van der Waals surface area (Å²) in [6.07, 6.45) is 2.42. The molecule has 0 aliphatic heterocycles. The molecule has 0 fully saturated rings. The quantitative estimate of drug-likeness (QED) is 0.493. The number of benzene rings is 2. The first-order valence-electron chi connectivity index (χ1n) is 9.27. The summed E-state index contributed by atoms with van der Waals surface area (Å²) in [6.45, 7) is 3.20. The summed E-state index contributed by atoms with van der Waals surface area (Å²) in [5.41, 5.74) is 1.13. The number of carbonyl (C=O) groups excluding carboxylic acids is 1. The standard InChI is InChI=1S/C21H26Cl2N2O3/c1-14(12-15-8-4-3-5-9-15)25-21(27)16-13-17(22)20(18(23)19(16)26)28-11-7-6-10-24-2/h3-5,8-9,13-14,24,26H,6-7,10-12H2,1-2H3,(H,25,27)/t14-/m1/s1. The number of phenols is 1. The number of nitrogens with one attached hydrogen (secondary N) is 2. The molecule has 0 aliphatic carbocycles. The van der Waals surface area contributed by atoms with Crippen LogP contribution in [0.1, 0.15) is 35.7 Å². The summed E-state index contributed by atoms with van der Waals surface area (Å²) in [5.74, 6) is -0.579. The topological polar surface area (TPSA) is 70.6 Å². The molecular weight excluding hydrogens is 399 g/mol. The molecule has 0 bridgehead atoms. The molecule has 152 valence electrons. The van der Waals surface area contributed by atoms with Crippen LogP contribution in [0.4, 0.5) is 0 Å². The molecule has 1 atom stereocenters. The molecule has 28 heavy (non-hydrogen) atoms. The molecule has 0 heterocycles. The maximum atomic E-state index is 12.6. The zero-order chi connectivity index (χ0) is 20.5. The fourth-order valence-corrected chi connectivity index (χ4v) is 3.36. The van der Waals surface area contributed by atoms with Gasteiger partial charge in [0.25, 0.3) is 5.91 Å². The van der Waals surface area contributed by atoms with Crippen LogP contribution in [0, 0.1) is 0 Å². The Kier molecular flexibility index (Phi) is 8.90. The molecule has 3 N–H and O–H groups in total. The Morgan fingerprint density at radius 1 is 1.21 bits per heavy atom. The van der Waals surface area contributed by atoms with Crippen LogP contribution >= 0.6 is 23.2 Å². The lowest BCUT2D eigenvalue weighted by Gasteiger charge is -2.17. The van der Waals surface area contributed by atoms with E-state index in [1.807, 2.05) is 44.3 Å². The second-order valence-corrected chi connectivity index (χ2v) is 7.41. The van der Waals surface area contributed by atoms with Gasteiger partial charge in [-0.15, -0.1) is 0 Å². The predicted molar refractivity (Wildman–Crippen MR) is 114 cm³/mol. The van der Waals surface area contributed by atoms with Crippen molar-refractivity contribution < 1.29 is 14.6 Å². The highest BCUT2D eigenvalue weighted by Crippen LogP contribution is 2.42. The van der Waals surface area contributed by atoms with E-state index in [4.69, 9.17) is 27.9 Å². The molecule has 0 radical (unpaired) electrons. The van der Waals surface area contributed by atoms with Crippen LogP contribution in [-0.2, 0) is 6.42 Å². The lowest BCUT2D eigenvalue weighted by atomic mass is 10.1. The number of amides is 1. The second kappa shape index (κ2) is 11.1. The first kappa shape index (κ1) is 22.3. The van der Waals surface area contributed by atoms with E-state index in [0.29, 0.717) is 13.0 Å². The van der Waals surface area contributed by atoms with Crippen molar-refractivity contribution >= 4 is 29.1 Å². The molecule has 2 aromatic carbocycles. The average Bonchev–Trinajstić information content (AvgIpc) is 2.67. The lowest BCUT2D eigenvalue weighted by molar-refractivity contribution is 0.0937. The molecule has 5 nitrogen and oxygen atoms in total. The van der Waals surface area contributed by atoms with Gasteiger partial charge in [-0.3, -0.25) is 4.79 Å². The Morgan fingerprint density at radius 2 is 1.93 bits per heavy atom. The molecule has 2 rings (SSSR count). The zero-order valence-corrected chi connectivity index (χ0v) is 17.6. The molecule has 0 unspecified atom stereocenters. The number of hydrogen-bond acceptors (Lipinski definition) is 4. The van der Waals surface area contributed by atoms with Crippen LogP contribution in [-0.4, -0.2) is 37.3 Å². The Labute approximate surface area is 176 Å². The Bertz CT molecular complexity index is 785. The molecular formula is C21H26Cl2N2O3. The van der Waals surface area contributed by atoms with Crippen molar-refractivity contribution in [3.8, 4) is 11.5 Å². The van der Waals surface area contributed by atoms with E-state index >= 15 is 0 Å². The van der Waals surface area contributed by atoms with Crippen molar-refractivity contribution in [3.63, 3.8) is 0 Å². The third-order valence-corrected chi connectivity index (χ3v) is 4.86. The minimum absolute atomic E-state index is 0.0254. The van der Waals surface area contributed by atoms with Gasteiger partial charge < -0.3 is 20.5 Å². The number of unbranched alkanes of at least 4 members (excludes halogenated alkanes) is 1. The van der Waals surface area contributed by atoms with Gasteiger partial charge in [-0.2, -0.15) is 0 Å². The minimum atomic E-state index is -0.440. The first-order chi connectivity index (χ1) is 13.4. The zero-order valence-electron chi connectivity index (χ0n) is 16.1. The van der Waals surface area contributed by atoms with Crippen molar-refractivity contribution in [1.29, 1.82) is 0 Å². The summed E-state index contributed by atoms with van der Waals surface area (Å²) in [7, 11) is 1.89. The Morgan fingerprint density at radius 3 is 2.61 bits per heavy atom. The second-order valence-electron chi connectivity index (χ2n) is 6.62. The highest BCUT2D eigenvalue weighted by Gasteiger charge is 2.22. The van der Waals surface area contributed by atoms with E-state index in [9.17, 15) is 9.90 Å². The van der Waals surface area contributed by atoms with Crippen LogP contribution in [0.3, 0.4) is 0 Å². The van der Waals surface area contributed by atoms with E-state index in [0.717, 1.165) is 24.9 Å². The van der Waals surface area contributed by atoms with Gasteiger partial charge in [-0.05, 0) is 51.4 Å². The van der Waals surface area contributed by atoms with Crippen LogP contribution in [0.25, 0.3) is 0 Å². The third kappa shape index (κ3) is 6.30. The van der Waals surface area contributed by atoms with Gasteiger partial charge in [-0.1, -0.05) is 53.5 Å². The Balaban J connectivity index is 2.03. The average molecular weight is 425 g/mol. The van der Waals surface area contributed by atoms with Gasteiger partial charge in [0.05, 0.1) is 17.2 Å². The van der Waals surface area contributed by atoms with Gasteiger partial charge in [-0.25, -0.2) is 0 Å². The number of aromatic hydroxyl groups is 1. The van der Waals surface area contributed by atoms with Gasteiger partial charge in [0.15, 0.2) is 11.5 Å². The van der Waals surface area contributed by atoms with Gasteiger partial charge in [0.1, 0.15) is 5.02 Å². The molecule has 0 spiro atoms. The summed E-state index contributed by atoms with van der Waals surface area (Å²) >= 11 is 12.4. The third-order valence-electron chi connectivity index (χ3n) is 4.22. The Hall–Kier alpha value is -1.95. The van der Waals surface area contributed by atoms with Gasteiger partial charge in [0.2, 0.25) is 0 Å². The first-order valence-corrected chi connectivity index (χ1v) is 10.0. The van der Waals surface area contributed by atoms with E-state index in [-0.39, 0.29) is 33.1 Å². The van der Waals surface area contributed by atoms with E-state index in [1.165, 1.54) is 6.07 Å². The van der Waals surface area contributed by atoms with Crippen molar-refractivity contribution in [2.24, 2.45) is 0 Å². The number of ether oxygens (including phenoxy) is 1. The summed E-state index contributed by atoms with van der Waals surface area (Å²) in [6, 6.07) is 11.1. The SMILES string of the molecule is CNCCCCOc1c(Cl)cc(C(=O)N[C@H](C)Cc2ccccc2)c(O)c1Cl. The van der Waals surface area contributed by atoms with Crippen molar-refractivity contribution in [1.82, 2.24) is 10.6 Å². The largest absolute Gasteiger partial charge is 0.505 e. The fraction of sp³-hybridized carbons (Fsp3) is 0.381. The van der Waals surface area contributed by atoms with Crippen LogP contribution in [0.5, 0.6) is 11.5 Å². The maximum Gasteiger partial charge on any atom is 0.255 e. The monoisotopic (exact) mass is 424 g/mol. The highest BCUT2D eigenvalue weighted by atomic mass is 35.5. The molecule has 1 amide bonds. The molecule has 0 aromatic heterocycles. The van der Waals surface area contributed by atoms with E-state index < -0.39 is 5.91 Å². The molecule has 0 saturated carbocycles. The molecule has 7 heteroatoms. The lowest BCUT2D eigenvalue weighted by Crippen LogP contribution is -2.34. The van der Waals surface area contributed by atoms with E-state index in [1.54, 1.807) is 0 Å². The van der Waals surface area contributed by atoms with Gasteiger partial charge >= 0.3 is 0 Å². The number of halogens is 2. The van der Waals surface area contributed by atoms with Gasteiger partial charge in [0, 0.05) is 6.04 Å². The predicted octanol–water partition coefficient (Wildman–Crippen LogP) is 4.44. The van der Waals surface area contributed by atoms with Crippen molar-refractivity contribution in [2.45, 2.75) is 32.2 Å². The number of hydrogen-bond donors (Lipinski definition) is 3. The van der Waals surface area contributed by atoms with Crippen LogP contribution in [0.2, 0.25) is 10.0 Å². The minimum Gasteiger partial charge on any atom is -0.505 e. The number of rotatable bonds is 10.